The van der Waals surface area contributed by atoms with E-state index in [1.807, 2.05) is 35.0 Å². The van der Waals surface area contributed by atoms with Gasteiger partial charge < -0.3 is 10.1 Å². The zero-order chi connectivity index (χ0) is 19.8. The summed E-state index contributed by atoms with van der Waals surface area (Å²) in [6.07, 6.45) is 1.29. The molecule has 1 heterocycles. The molecule has 1 atom stereocenters. The minimum Gasteiger partial charge on any atom is -0.497 e. The van der Waals surface area contributed by atoms with Crippen molar-refractivity contribution in [2.75, 3.05) is 12.4 Å². The predicted octanol–water partition coefficient (Wildman–Crippen LogP) is 5.70. The summed E-state index contributed by atoms with van der Waals surface area (Å²) < 4.78 is 7.07. The van der Waals surface area contributed by atoms with Gasteiger partial charge in [-0.2, -0.15) is 0 Å². The van der Waals surface area contributed by atoms with Crippen LogP contribution in [0.3, 0.4) is 0 Å². The van der Waals surface area contributed by atoms with Crippen molar-refractivity contribution < 1.29 is 9.53 Å². The predicted molar refractivity (Wildman–Crippen MR) is 112 cm³/mol. The molecule has 2 aromatic carbocycles. The Hall–Kier alpha value is -2.50. The van der Waals surface area contributed by atoms with Gasteiger partial charge in [0.2, 0.25) is 0 Å². The van der Waals surface area contributed by atoms with Gasteiger partial charge in [0.15, 0.2) is 11.6 Å². The Bertz CT molecular complexity index is 1040. The van der Waals surface area contributed by atoms with Gasteiger partial charge >= 0.3 is 0 Å². The Morgan fingerprint density at radius 2 is 1.86 bits per heavy atom. The molecule has 0 aliphatic heterocycles. The van der Waals surface area contributed by atoms with Crippen LogP contribution >= 0.6 is 23.2 Å². The number of benzene rings is 2. The highest BCUT2D eigenvalue weighted by Gasteiger charge is 2.31. The van der Waals surface area contributed by atoms with Crippen LogP contribution in [-0.4, -0.2) is 22.7 Å². The van der Waals surface area contributed by atoms with Crippen LogP contribution < -0.4 is 10.1 Å². The van der Waals surface area contributed by atoms with E-state index in [0.717, 1.165) is 29.2 Å². The summed E-state index contributed by atoms with van der Waals surface area (Å²) >= 11 is 12.1. The van der Waals surface area contributed by atoms with Gasteiger partial charge in [-0.1, -0.05) is 30.1 Å². The van der Waals surface area contributed by atoms with Crippen molar-refractivity contribution in [2.45, 2.75) is 19.8 Å². The van der Waals surface area contributed by atoms with Crippen LogP contribution in [0.4, 0.5) is 11.5 Å². The molecule has 0 bridgehead atoms. The largest absolute Gasteiger partial charge is 0.497 e. The normalized spacial score (nSPS) is 16.0. The molecule has 0 spiro atoms. The van der Waals surface area contributed by atoms with Crippen molar-refractivity contribution in [1.29, 1.82) is 0 Å². The Kier molecular flexibility index (Phi) is 5.04. The molecule has 1 N–H and O–H groups in total. The average molecular weight is 416 g/mol. The minimum atomic E-state index is 0.0936. The van der Waals surface area contributed by atoms with Crippen LogP contribution in [0.1, 0.15) is 29.4 Å². The van der Waals surface area contributed by atoms with E-state index in [1.165, 1.54) is 0 Å². The summed E-state index contributed by atoms with van der Waals surface area (Å²) in [5.74, 6) is 1.66. The number of ether oxygens (including phenoxy) is 1. The van der Waals surface area contributed by atoms with Gasteiger partial charge in [-0.3, -0.25) is 4.79 Å². The summed E-state index contributed by atoms with van der Waals surface area (Å²) in [4.78, 5) is 12.8. The van der Waals surface area contributed by atoms with E-state index < -0.39 is 0 Å². The maximum atomic E-state index is 12.8. The third-order valence-corrected chi connectivity index (χ3v) is 5.57. The van der Waals surface area contributed by atoms with Gasteiger partial charge in [0, 0.05) is 12.1 Å². The highest BCUT2D eigenvalue weighted by molar-refractivity contribution is 6.42. The number of hydrogen-bond acceptors (Lipinski definition) is 4. The molecular formula is C21H19Cl2N3O2. The number of anilines is 2. The minimum absolute atomic E-state index is 0.0936. The molecule has 1 aliphatic carbocycles. The molecule has 0 fully saturated rings. The number of rotatable bonds is 4. The summed E-state index contributed by atoms with van der Waals surface area (Å²) in [5.41, 5.74) is 3.15. The fourth-order valence-corrected chi connectivity index (χ4v) is 3.79. The lowest BCUT2D eigenvalue weighted by molar-refractivity contribution is 0.0953. The van der Waals surface area contributed by atoms with E-state index in [4.69, 9.17) is 33.0 Å². The lowest BCUT2D eigenvalue weighted by Gasteiger charge is -2.19. The van der Waals surface area contributed by atoms with Gasteiger partial charge in [0.25, 0.3) is 0 Å². The standard InChI is InChI=1S/C21H19Cl2N3O2/c1-12-9-18-20(19(27)10-12)21(24-13-3-8-16(22)17(23)11-13)25-26(18)14-4-6-15(28-2)7-5-14/h3-8,11-12H,9-10H2,1-2H3,(H,24,25)/t12-/m1/s1. The zero-order valence-corrected chi connectivity index (χ0v) is 17.0. The molecular weight excluding hydrogens is 397 g/mol. The lowest BCUT2D eigenvalue weighted by atomic mass is 9.87. The van der Waals surface area contributed by atoms with E-state index in [0.29, 0.717) is 27.8 Å². The van der Waals surface area contributed by atoms with Gasteiger partial charge in [-0.25, -0.2) is 4.68 Å². The van der Waals surface area contributed by atoms with Crippen LogP contribution in [0.5, 0.6) is 5.75 Å². The van der Waals surface area contributed by atoms with Crippen LogP contribution in [0, 0.1) is 5.92 Å². The van der Waals surface area contributed by atoms with Crippen molar-refractivity contribution in [3.8, 4) is 11.4 Å². The molecule has 5 nitrogen and oxygen atoms in total. The summed E-state index contributed by atoms with van der Waals surface area (Å²) in [7, 11) is 1.63. The number of halogens is 2. The number of hydrogen-bond donors (Lipinski definition) is 1. The molecule has 7 heteroatoms. The van der Waals surface area contributed by atoms with Crippen molar-refractivity contribution in [2.24, 2.45) is 5.92 Å². The number of nitrogens with zero attached hydrogens (tertiary/aromatic N) is 2. The van der Waals surface area contributed by atoms with Crippen LogP contribution in [0.25, 0.3) is 5.69 Å². The molecule has 144 valence electrons. The number of Topliss-reactive ketones (excluding diaryl/α,β-unsaturated/α-hetero) is 1. The van der Waals surface area contributed by atoms with Crippen LogP contribution in [0.2, 0.25) is 10.0 Å². The Balaban J connectivity index is 1.80. The quantitative estimate of drug-likeness (QED) is 0.593. The smallest absolute Gasteiger partial charge is 0.168 e. The third kappa shape index (κ3) is 3.48. The van der Waals surface area contributed by atoms with E-state index in [1.54, 1.807) is 19.2 Å². The third-order valence-electron chi connectivity index (χ3n) is 4.83. The molecule has 4 rings (SSSR count). The second-order valence-corrected chi connectivity index (χ2v) is 7.79. The fourth-order valence-electron chi connectivity index (χ4n) is 3.49. The molecule has 0 unspecified atom stereocenters. The van der Waals surface area contributed by atoms with Crippen molar-refractivity contribution >= 4 is 40.5 Å². The molecule has 0 radical (unpaired) electrons. The van der Waals surface area contributed by atoms with Gasteiger partial charge in [-0.05, 0) is 54.8 Å². The topological polar surface area (TPSA) is 56.1 Å². The monoisotopic (exact) mass is 415 g/mol. The molecule has 0 saturated carbocycles. The van der Waals surface area contributed by atoms with Crippen LogP contribution in [0.15, 0.2) is 42.5 Å². The zero-order valence-electron chi connectivity index (χ0n) is 15.5. The Morgan fingerprint density at radius 1 is 1.11 bits per heavy atom. The van der Waals surface area contributed by atoms with E-state index >= 15 is 0 Å². The number of ketones is 1. The summed E-state index contributed by atoms with van der Waals surface area (Å²) in [5, 5.41) is 8.87. The Morgan fingerprint density at radius 3 is 2.54 bits per heavy atom. The highest BCUT2D eigenvalue weighted by atomic mass is 35.5. The maximum absolute atomic E-state index is 12.8. The molecule has 3 aromatic rings. The SMILES string of the molecule is COc1ccc(-n2nc(Nc3ccc(Cl)c(Cl)c3)c3c2C[C@@H](C)CC3=O)cc1. The summed E-state index contributed by atoms with van der Waals surface area (Å²) in [6.45, 7) is 2.08. The molecule has 28 heavy (non-hydrogen) atoms. The summed E-state index contributed by atoms with van der Waals surface area (Å²) in [6, 6.07) is 12.9. The lowest BCUT2D eigenvalue weighted by Crippen LogP contribution is -2.19. The van der Waals surface area contributed by atoms with Crippen molar-refractivity contribution in [3.63, 3.8) is 0 Å². The number of methoxy groups -OCH3 is 1. The Labute approximate surface area is 173 Å². The second kappa shape index (κ2) is 7.49. The number of carbonyl (C=O) groups is 1. The first-order valence-electron chi connectivity index (χ1n) is 8.98. The number of nitrogens with one attached hydrogen (secondary N) is 1. The fraction of sp³-hybridized carbons (Fsp3) is 0.238. The first-order valence-corrected chi connectivity index (χ1v) is 9.73. The molecule has 1 aliphatic rings. The van der Waals surface area contributed by atoms with Gasteiger partial charge in [0.1, 0.15) is 5.75 Å². The number of aromatic nitrogens is 2. The van der Waals surface area contributed by atoms with Gasteiger partial charge in [0.05, 0.1) is 34.1 Å². The van der Waals surface area contributed by atoms with E-state index in [-0.39, 0.29) is 11.7 Å². The molecule has 1 aromatic heterocycles. The van der Waals surface area contributed by atoms with Crippen molar-refractivity contribution in [1.82, 2.24) is 9.78 Å². The second-order valence-electron chi connectivity index (χ2n) is 6.97. The van der Waals surface area contributed by atoms with Gasteiger partial charge in [-0.15, -0.1) is 5.10 Å². The van der Waals surface area contributed by atoms with Crippen LogP contribution in [-0.2, 0) is 6.42 Å². The highest BCUT2D eigenvalue weighted by Crippen LogP contribution is 2.35. The average Bonchev–Trinajstić information content (AvgIpc) is 3.03. The number of carbonyl (C=O) groups excluding carboxylic acids is 1. The first kappa shape index (κ1) is 18.8. The maximum Gasteiger partial charge on any atom is 0.168 e. The first-order chi connectivity index (χ1) is 13.5. The molecule has 0 amide bonds. The van der Waals surface area contributed by atoms with Crippen molar-refractivity contribution in [3.05, 3.63) is 63.8 Å². The van der Waals surface area contributed by atoms with E-state index in [2.05, 4.69) is 12.2 Å². The number of fused-ring (bicyclic) bond motifs is 1. The van der Waals surface area contributed by atoms with E-state index in [9.17, 15) is 4.79 Å². The molecule has 0 saturated heterocycles.